The van der Waals surface area contributed by atoms with Gasteiger partial charge >= 0.3 is 5.97 Å². The molecule has 0 bridgehead atoms. The molecule has 0 radical (unpaired) electrons. The molecule has 1 aromatic carbocycles. The molecule has 0 aliphatic rings. The van der Waals surface area contributed by atoms with Crippen molar-refractivity contribution < 1.29 is 27.5 Å². The van der Waals surface area contributed by atoms with E-state index in [-0.39, 0.29) is 0 Å². The number of rotatable bonds is 4. The summed E-state index contributed by atoms with van der Waals surface area (Å²) in [6, 6.07) is 1.04. The molecule has 1 aromatic rings. The lowest BCUT2D eigenvalue weighted by Gasteiger charge is -2.25. The number of hydrogen-bond acceptors (Lipinski definition) is 3. The van der Waals surface area contributed by atoms with Crippen molar-refractivity contribution in [2.45, 2.75) is 19.9 Å². The number of ether oxygens (including phenoxy) is 1. The minimum atomic E-state index is -1.72. The second kappa shape index (κ2) is 6.40. The summed E-state index contributed by atoms with van der Waals surface area (Å²) in [7, 11) is 1.14. The average molecular weight is 289 g/mol. The minimum absolute atomic E-state index is 0.411. The van der Waals surface area contributed by atoms with E-state index in [4.69, 9.17) is 0 Å². The van der Waals surface area contributed by atoms with E-state index in [1.165, 1.54) is 0 Å². The van der Waals surface area contributed by atoms with Crippen LogP contribution in [0.5, 0.6) is 0 Å². The molecule has 1 rings (SSSR count). The summed E-state index contributed by atoms with van der Waals surface area (Å²) in [5, 5.41) is 0. The Morgan fingerprint density at radius 2 is 1.80 bits per heavy atom. The summed E-state index contributed by atoms with van der Waals surface area (Å²) >= 11 is 0. The molecule has 0 aliphatic heterocycles. The Labute approximate surface area is 114 Å². The number of esters is 1. The second-order valence-electron chi connectivity index (χ2n) is 4.33. The Hall–Kier alpha value is -2.05. The third-order valence-corrected chi connectivity index (χ3v) is 2.68. The summed E-state index contributed by atoms with van der Waals surface area (Å²) < 4.78 is 44.0. The van der Waals surface area contributed by atoms with Gasteiger partial charge in [-0.15, -0.1) is 0 Å². The first kappa shape index (κ1) is 16.0. The van der Waals surface area contributed by atoms with Crippen LogP contribution in [0.25, 0.3) is 0 Å². The first-order chi connectivity index (χ1) is 9.29. The van der Waals surface area contributed by atoms with Crippen LogP contribution in [0.2, 0.25) is 0 Å². The van der Waals surface area contributed by atoms with E-state index in [9.17, 15) is 22.8 Å². The van der Waals surface area contributed by atoms with Gasteiger partial charge < -0.3 is 9.64 Å². The van der Waals surface area contributed by atoms with Gasteiger partial charge in [-0.05, 0) is 26.0 Å². The van der Waals surface area contributed by atoms with Crippen LogP contribution in [0, 0.1) is 17.5 Å². The van der Waals surface area contributed by atoms with Gasteiger partial charge in [0, 0.05) is 6.04 Å². The molecule has 4 nitrogen and oxygen atoms in total. The molecule has 1 amide bonds. The van der Waals surface area contributed by atoms with E-state index >= 15 is 0 Å². The van der Waals surface area contributed by atoms with Gasteiger partial charge in [0.2, 0.25) is 0 Å². The minimum Gasteiger partial charge on any atom is -0.468 e. The molecule has 110 valence electrons. The maximum Gasteiger partial charge on any atom is 0.325 e. The van der Waals surface area contributed by atoms with Crippen LogP contribution >= 0.6 is 0 Å². The van der Waals surface area contributed by atoms with Crippen molar-refractivity contribution in [3.63, 3.8) is 0 Å². The molecule has 0 aromatic heterocycles. The molecular formula is C13H14F3NO3. The average Bonchev–Trinajstić information content (AvgIpc) is 2.41. The van der Waals surface area contributed by atoms with Crippen molar-refractivity contribution in [2.24, 2.45) is 0 Å². The molecule has 0 heterocycles. The van der Waals surface area contributed by atoms with Crippen molar-refractivity contribution in [1.29, 1.82) is 0 Å². The fraction of sp³-hybridized carbons (Fsp3) is 0.385. The van der Waals surface area contributed by atoms with E-state index in [1.54, 1.807) is 13.8 Å². The molecule has 0 atom stereocenters. The molecule has 0 unspecified atom stereocenters. The number of benzene rings is 1. The van der Waals surface area contributed by atoms with E-state index in [0.717, 1.165) is 18.1 Å². The highest BCUT2D eigenvalue weighted by Gasteiger charge is 2.26. The van der Waals surface area contributed by atoms with E-state index in [2.05, 4.69) is 4.74 Å². The number of methoxy groups -OCH3 is 1. The number of carbonyl (C=O) groups excluding carboxylic acids is 2. The highest BCUT2D eigenvalue weighted by molar-refractivity contribution is 5.96. The van der Waals surface area contributed by atoms with Gasteiger partial charge in [0.25, 0.3) is 5.91 Å². The molecule has 0 fully saturated rings. The zero-order valence-electron chi connectivity index (χ0n) is 11.2. The van der Waals surface area contributed by atoms with Gasteiger partial charge in [0.15, 0.2) is 17.5 Å². The number of amides is 1. The molecule has 20 heavy (non-hydrogen) atoms. The van der Waals surface area contributed by atoms with Crippen molar-refractivity contribution >= 4 is 11.9 Å². The molecule has 7 heteroatoms. The lowest BCUT2D eigenvalue weighted by atomic mass is 10.1. The van der Waals surface area contributed by atoms with Gasteiger partial charge in [-0.2, -0.15) is 0 Å². The van der Waals surface area contributed by atoms with Gasteiger partial charge in [-0.25, -0.2) is 13.2 Å². The van der Waals surface area contributed by atoms with Crippen molar-refractivity contribution in [3.8, 4) is 0 Å². The van der Waals surface area contributed by atoms with Gasteiger partial charge in [-0.3, -0.25) is 9.59 Å². The number of halogens is 3. The fourth-order valence-corrected chi connectivity index (χ4v) is 1.54. The van der Waals surface area contributed by atoms with Crippen LogP contribution in [0.4, 0.5) is 13.2 Å². The van der Waals surface area contributed by atoms with E-state index in [1.807, 2.05) is 0 Å². The summed E-state index contributed by atoms with van der Waals surface area (Å²) in [6.45, 7) is 2.78. The summed E-state index contributed by atoms with van der Waals surface area (Å²) in [6.07, 6.45) is 0. The quantitative estimate of drug-likeness (QED) is 0.630. The highest BCUT2D eigenvalue weighted by atomic mass is 19.2. The Bertz CT molecular complexity index is 532. The van der Waals surface area contributed by atoms with Gasteiger partial charge in [0.1, 0.15) is 6.54 Å². The van der Waals surface area contributed by atoms with Crippen LogP contribution in [-0.2, 0) is 9.53 Å². The van der Waals surface area contributed by atoms with E-state index in [0.29, 0.717) is 6.07 Å². The number of carbonyl (C=O) groups is 2. The second-order valence-corrected chi connectivity index (χ2v) is 4.33. The molecule has 0 spiro atoms. The molecular weight excluding hydrogens is 275 g/mol. The lowest BCUT2D eigenvalue weighted by molar-refractivity contribution is -0.141. The maximum atomic E-state index is 13.6. The monoisotopic (exact) mass is 289 g/mol. The van der Waals surface area contributed by atoms with Crippen LogP contribution in [0.1, 0.15) is 24.2 Å². The van der Waals surface area contributed by atoms with E-state index < -0.39 is 47.5 Å². The Balaban J connectivity index is 3.13. The van der Waals surface area contributed by atoms with Crippen LogP contribution < -0.4 is 0 Å². The maximum absolute atomic E-state index is 13.6. The predicted molar refractivity (Wildman–Crippen MR) is 64.5 cm³/mol. The summed E-state index contributed by atoms with van der Waals surface area (Å²) in [4.78, 5) is 24.3. The van der Waals surface area contributed by atoms with Crippen molar-refractivity contribution in [1.82, 2.24) is 4.90 Å². The molecule has 0 N–H and O–H groups in total. The van der Waals surface area contributed by atoms with Crippen LogP contribution in [0.15, 0.2) is 12.1 Å². The van der Waals surface area contributed by atoms with Gasteiger partial charge in [0.05, 0.1) is 12.7 Å². The molecule has 0 saturated carbocycles. The molecule has 0 saturated heterocycles. The Morgan fingerprint density at radius 1 is 1.20 bits per heavy atom. The molecule has 0 aliphatic carbocycles. The Kier molecular flexibility index (Phi) is 5.12. The van der Waals surface area contributed by atoms with Crippen LogP contribution in [0.3, 0.4) is 0 Å². The summed E-state index contributed by atoms with van der Waals surface area (Å²) in [5.74, 6) is -6.30. The lowest BCUT2D eigenvalue weighted by Crippen LogP contribution is -2.41. The largest absolute Gasteiger partial charge is 0.468 e. The predicted octanol–water partition coefficient (Wildman–Crippen LogP) is 2.13. The first-order valence-corrected chi connectivity index (χ1v) is 5.80. The van der Waals surface area contributed by atoms with Crippen molar-refractivity contribution in [3.05, 3.63) is 35.1 Å². The number of nitrogens with zero attached hydrogens (tertiary/aromatic N) is 1. The third-order valence-electron chi connectivity index (χ3n) is 2.68. The summed E-state index contributed by atoms with van der Waals surface area (Å²) in [5.41, 5.74) is -0.637. The smallest absolute Gasteiger partial charge is 0.325 e. The SMILES string of the molecule is COC(=O)CN(C(=O)c1ccc(F)c(F)c1F)C(C)C. The van der Waals surface area contributed by atoms with Gasteiger partial charge in [-0.1, -0.05) is 0 Å². The standard InChI is InChI=1S/C13H14F3NO3/c1-7(2)17(6-10(18)20-3)13(19)8-4-5-9(14)12(16)11(8)15/h4-5,7H,6H2,1-3H3. The van der Waals surface area contributed by atoms with Crippen LogP contribution in [-0.4, -0.2) is 36.5 Å². The first-order valence-electron chi connectivity index (χ1n) is 5.80. The normalized spacial score (nSPS) is 10.6. The zero-order chi connectivity index (χ0) is 15.4. The van der Waals surface area contributed by atoms with Crippen molar-refractivity contribution in [2.75, 3.05) is 13.7 Å². The Morgan fingerprint density at radius 3 is 2.30 bits per heavy atom. The topological polar surface area (TPSA) is 46.6 Å². The highest BCUT2D eigenvalue weighted by Crippen LogP contribution is 2.18. The zero-order valence-corrected chi connectivity index (χ0v) is 11.2. The third kappa shape index (κ3) is 3.28. The fourth-order valence-electron chi connectivity index (χ4n) is 1.54. The number of hydrogen-bond donors (Lipinski definition) is 0.